The predicted octanol–water partition coefficient (Wildman–Crippen LogP) is 2.12. The van der Waals surface area contributed by atoms with Crippen LogP contribution in [0.1, 0.15) is 17.2 Å². The van der Waals surface area contributed by atoms with Gasteiger partial charge in [-0.1, -0.05) is 0 Å². The Kier molecular flexibility index (Phi) is 6.26. The summed E-state index contributed by atoms with van der Waals surface area (Å²) < 4.78 is 40.3. The van der Waals surface area contributed by atoms with Crippen molar-refractivity contribution in [1.29, 1.82) is 0 Å². The van der Waals surface area contributed by atoms with Crippen molar-refractivity contribution >= 4 is 15.8 Å². The van der Waals surface area contributed by atoms with Crippen LogP contribution >= 0.6 is 0 Å². The minimum absolute atomic E-state index is 0.180. The lowest BCUT2D eigenvalue weighted by atomic mass is 10.3. The average Bonchev–Trinajstić information content (AvgIpc) is 3.16. The van der Waals surface area contributed by atoms with Crippen molar-refractivity contribution in [3.63, 3.8) is 0 Å². The number of sulfonamides is 1. The zero-order valence-corrected chi connectivity index (χ0v) is 20.3. The maximum absolute atomic E-state index is 13.2. The Morgan fingerprint density at radius 1 is 0.879 bits per heavy atom. The van der Waals surface area contributed by atoms with Gasteiger partial charge in [-0.2, -0.15) is 4.31 Å². The fourth-order valence-corrected chi connectivity index (χ4v) is 5.27. The molecule has 0 bridgehead atoms. The Morgan fingerprint density at radius 3 is 2.15 bits per heavy atom. The summed E-state index contributed by atoms with van der Waals surface area (Å²) in [6.45, 7) is 7.53. The standard InChI is InChI=1S/C22H28N6O4S/c1-15-16(2)28(14-23-15)22-13-21(24-17(3)25-22)26-8-10-27(11-9-26)33(29,30)18-6-7-19(31-4)20(12-18)32-5/h6-7,12-14H,8-11H2,1-5H3. The molecule has 0 unspecified atom stereocenters. The molecule has 1 aliphatic heterocycles. The third-order valence-electron chi connectivity index (χ3n) is 5.86. The number of aryl methyl sites for hydroxylation is 2. The Balaban J connectivity index is 1.53. The first-order valence-corrected chi connectivity index (χ1v) is 12.0. The maximum Gasteiger partial charge on any atom is 0.243 e. The minimum Gasteiger partial charge on any atom is -0.493 e. The van der Waals surface area contributed by atoms with Gasteiger partial charge < -0.3 is 14.4 Å². The summed E-state index contributed by atoms with van der Waals surface area (Å²) in [6.07, 6.45) is 1.75. The van der Waals surface area contributed by atoms with Crippen molar-refractivity contribution in [3.8, 4) is 17.3 Å². The molecule has 3 aromatic rings. The SMILES string of the molecule is COc1ccc(S(=O)(=O)N2CCN(c3cc(-n4cnc(C)c4C)nc(C)n3)CC2)cc1OC. The third kappa shape index (κ3) is 4.38. The van der Waals surface area contributed by atoms with E-state index in [0.29, 0.717) is 43.5 Å². The van der Waals surface area contributed by atoms with Crippen LogP contribution in [0.4, 0.5) is 5.82 Å². The van der Waals surface area contributed by atoms with Gasteiger partial charge in [-0.05, 0) is 32.9 Å². The molecular weight excluding hydrogens is 444 g/mol. The van der Waals surface area contributed by atoms with Gasteiger partial charge in [0.25, 0.3) is 0 Å². The predicted molar refractivity (Wildman–Crippen MR) is 124 cm³/mol. The lowest BCUT2D eigenvalue weighted by molar-refractivity contribution is 0.353. The fraction of sp³-hybridized carbons (Fsp3) is 0.409. The fourth-order valence-electron chi connectivity index (χ4n) is 3.84. The molecule has 0 saturated carbocycles. The van der Waals surface area contributed by atoms with E-state index in [4.69, 9.17) is 9.47 Å². The number of aromatic nitrogens is 4. The van der Waals surface area contributed by atoms with Gasteiger partial charge in [-0.25, -0.2) is 23.4 Å². The first kappa shape index (κ1) is 23.0. The van der Waals surface area contributed by atoms with E-state index in [2.05, 4.69) is 19.9 Å². The van der Waals surface area contributed by atoms with Crippen LogP contribution < -0.4 is 14.4 Å². The molecule has 4 rings (SSSR count). The number of benzene rings is 1. The largest absolute Gasteiger partial charge is 0.493 e. The van der Waals surface area contributed by atoms with Crippen LogP contribution in [0.2, 0.25) is 0 Å². The molecule has 0 atom stereocenters. The number of hydrogen-bond acceptors (Lipinski definition) is 8. The molecule has 1 fully saturated rings. The second-order valence-electron chi connectivity index (χ2n) is 7.82. The number of piperazine rings is 1. The zero-order valence-electron chi connectivity index (χ0n) is 19.4. The summed E-state index contributed by atoms with van der Waals surface area (Å²) in [7, 11) is -0.663. The van der Waals surface area contributed by atoms with Crippen molar-refractivity contribution in [2.75, 3.05) is 45.3 Å². The molecule has 10 nitrogen and oxygen atoms in total. The molecule has 33 heavy (non-hydrogen) atoms. The normalized spacial score (nSPS) is 15.0. The van der Waals surface area contributed by atoms with E-state index in [9.17, 15) is 8.42 Å². The molecule has 11 heteroatoms. The summed E-state index contributed by atoms with van der Waals surface area (Å²) in [6, 6.07) is 6.56. The molecule has 0 aliphatic carbocycles. The lowest BCUT2D eigenvalue weighted by Gasteiger charge is -2.35. The van der Waals surface area contributed by atoms with Crippen molar-refractivity contribution in [3.05, 3.63) is 47.8 Å². The van der Waals surface area contributed by atoms with Crippen LogP contribution in [-0.2, 0) is 10.0 Å². The van der Waals surface area contributed by atoms with Gasteiger partial charge in [0.1, 0.15) is 23.8 Å². The van der Waals surface area contributed by atoms with E-state index in [0.717, 1.165) is 23.0 Å². The highest BCUT2D eigenvalue weighted by atomic mass is 32.2. The van der Waals surface area contributed by atoms with Crippen LogP contribution in [0, 0.1) is 20.8 Å². The smallest absolute Gasteiger partial charge is 0.243 e. The number of hydrogen-bond donors (Lipinski definition) is 0. The molecule has 1 saturated heterocycles. The van der Waals surface area contributed by atoms with E-state index >= 15 is 0 Å². The highest BCUT2D eigenvalue weighted by Gasteiger charge is 2.30. The molecule has 1 aromatic carbocycles. The highest BCUT2D eigenvalue weighted by molar-refractivity contribution is 7.89. The number of methoxy groups -OCH3 is 2. The van der Waals surface area contributed by atoms with Gasteiger partial charge in [-0.15, -0.1) is 0 Å². The maximum atomic E-state index is 13.2. The van der Waals surface area contributed by atoms with Crippen molar-refractivity contribution < 1.29 is 17.9 Å². The molecule has 0 amide bonds. The van der Waals surface area contributed by atoms with Gasteiger partial charge in [0.2, 0.25) is 10.0 Å². The molecule has 1 aliphatic rings. The number of nitrogens with zero attached hydrogens (tertiary/aromatic N) is 6. The van der Waals surface area contributed by atoms with Crippen molar-refractivity contribution in [2.45, 2.75) is 25.7 Å². The van der Waals surface area contributed by atoms with Gasteiger partial charge >= 0.3 is 0 Å². The van der Waals surface area contributed by atoms with Gasteiger partial charge in [0.05, 0.1) is 24.8 Å². The first-order chi connectivity index (χ1) is 15.7. The van der Waals surface area contributed by atoms with Crippen LogP contribution in [0.3, 0.4) is 0 Å². The summed E-state index contributed by atoms with van der Waals surface area (Å²) >= 11 is 0. The van der Waals surface area contributed by atoms with Crippen molar-refractivity contribution in [2.24, 2.45) is 0 Å². The molecule has 0 N–H and O–H groups in total. The molecular formula is C22H28N6O4S. The molecule has 3 heterocycles. The highest BCUT2D eigenvalue weighted by Crippen LogP contribution is 2.31. The summed E-state index contributed by atoms with van der Waals surface area (Å²) in [5, 5.41) is 0. The number of rotatable bonds is 6. The topological polar surface area (TPSA) is 103 Å². The van der Waals surface area contributed by atoms with Gasteiger partial charge in [-0.3, -0.25) is 4.57 Å². The average molecular weight is 473 g/mol. The van der Waals surface area contributed by atoms with Gasteiger partial charge in [0, 0.05) is 44.0 Å². The molecule has 2 aromatic heterocycles. The summed E-state index contributed by atoms with van der Waals surface area (Å²) in [5.41, 5.74) is 1.96. The lowest BCUT2D eigenvalue weighted by Crippen LogP contribution is -2.49. The quantitative estimate of drug-likeness (QED) is 0.538. The zero-order chi connectivity index (χ0) is 23.8. The summed E-state index contributed by atoms with van der Waals surface area (Å²) in [4.78, 5) is 15.8. The van der Waals surface area contributed by atoms with E-state index in [1.807, 2.05) is 31.4 Å². The number of ether oxygens (including phenoxy) is 2. The van der Waals surface area contributed by atoms with E-state index in [-0.39, 0.29) is 4.90 Å². The Labute approximate surface area is 193 Å². The molecule has 0 spiro atoms. The van der Waals surface area contributed by atoms with Crippen LogP contribution in [0.5, 0.6) is 11.5 Å². The number of anilines is 1. The Bertz CT molecular complexity index is 1270. The number of imidazole rings is 1. The second-order valence-corrected chi connectivity index (χ2v) is 9.76. The minimum atomic E-state index is -3.66. The monoisotopic (exact) mass is 472 g/mol. The molecule has 0 radical (unpaired) electrons. The van der Waals surface area contributed by atoms with E-state index < -0.39 is 10.0 Å². The van der Waals surface area contributed by atoms with Crippen LogP contribution in [0.25, 0.3) is 5.82 Å². The second kappa shape index (κ2) is 8.99. The van der Waals surface area contributed by atoms with Crippen LogP contribution in [0.15, 0.2) is 35.5 Å². The summed E-state index contributed by atoms with van der Waals surface area (Å²) in [5.74, 6) is 3.03. The van der Waals surface area contributed by atoms with Gasteiger partial charge in [0.15, 0.2) is 11.5 Å². The van der Waals surface area contributed by atoms with E-state index in [1.165, 1.54) is 24.6 Å². The Hall–Kier alpha value is -3.18. The van der Waals surface area contributed by atoms with E-state index in [1.54, 1.807) is 18.5 Å². The van der Waals surface area contributed by atoms with Crippen molar-refractivity contribution in [1.82, 2.24) is 23.8 Å². The first-order valence-electron chi connectivity index (χ1n) is 10.6. The molecule has 176 valence electrons. The third-order valence-corrected chi connectivity index (χ3v) is 7.76. The Morgan fingerprint density at radius 2 is 1.55 bits per heavy atom. The van der Waals surface area contributed by atoms with Crippen LogP contribution in [-0.4, -0.2) is 72.6 Å².